The number of hydrogen-bond donors (Lipinski definition) is 1. The predicted molar refractivity (Wildman–Crippen MR) is 77.5 cm³/mol. The summed E-state index contributed by atoms with van der Waals surface area (Å²) < 4.78 is 10.7. The summed E-state index contributed by atoms with van der Waals surface area (Å²) in [7, 11) is 1.72. The molecular formula is C15H30N2O2. The van der Waals surface area contributed by atoms with Crippen molar-refractivity contribution in [2.45, 2.75) is 50.6 Å². The first-order chi connectivity index (χ1) is 9.27. The molecule has 1 saturated heterocycles. The lowest BCUT2D eigenvalue weighted by molar-refractivity contribution is -0.0149. The van der Waals surface area contributed by atoms with E-state index < -0.39 is 0 Å². The maximum absolute atomic E-state index is 5.66. The molecular weight excluding hydrogens is 240 g/mol. The zero-order valence-corrected chi connectivity index (χ0v) is 12.6. The standard InChI is InChI=1S/C15H30N2O2/c1-14-12-17(8-9-19-11-10-18-2)15(13-16-14)6-4-3-5-7-15/h14,16H,3-13H2,1-2H3. The highest BCUT2D eigenvalue weighted by molar-refractivity contribution is 4.99. The fourth-order valence-corrected chi connectivity index (χ4v) is 3.52. The van der Waals surface area contributed by atoms with Gasteiger partial charge in [0.25, 0.3) is 0 Å². The van der Waals surface area contributed by atoms with Crippen LogP contribution in [0.3, 0.4) is 0 Å². The molecule has 1 N–H and O–H groups in total. The van der Waals surface area contributed by atoms with Crippen molar-refractivity contribution in [3.8, 4) is 0 Å². The van der Waals surface area contributed by atoms with E-state index in [9.17, 15) is 0 Å². The zero-order chi connectivity index (χ0) is 13.6. The summed E-state index contributed by atoms with van der Waals surface area (Å²) in [4.78, 5) is 2.69. The molecule has 0 aromatic rings. The van der Waals surface area contributed by atoms with E-state index >= 15 is 0 Å². The quantitative estimate of drug-likeness (QED) is 0.744. The van der Waals surface area contributed by atoms with Crippen LogP contribution in [0, 0.1) is 0 Å². The number of methoxy groups -OCH3 is 1. The summed E-state index contributed by atoms with van der Waals surface area (Å²) in [6.45, 7) is 7.91. The SMILES string of the molecule is COCCOCCN1CC(C)NCC12CCCCC2. The van der Waals surface area contributed by atoms with E-state index in [4.69, 9.17) is 9.47 Å². The van der Waals surface area contributed by atoms with Gasteiger partial charge in [0.2, 0.25) is 0 Å². The second kappa shape index (κ2) is 7.58. The van der Waals surface area contributed by atoms with Crippen LogP contribution in [0.5, 0.6) is 0 Å². The Hall–Kier alpha value is -0.160. The average Bonchev–Trinajstić information content (AvgIpc) is 2.44. The molecule has 19 heavy (non-hydrogen) atoms. The van der Waals surface area contributed by atoms with Gasteiger partial charge in [0, 0.05) is 38.3 Å². The largest absolute Gasteiger partial charge is 0.382 e. The highest BCUT2D eigenvalue weighted by Crippen LogP contribution is 2.35. The molecule has 1 spiro atoms. The van der Waals surface area contributed by atoms with E-state index in [1.54, 1.807) is 7.11 Å². The number of ether oxygens (including phenoxy) is 2. The van der Waals surface area contributed by atoms with E-state index in [1.807, 2.05) is 0 Å². The summed E-state index contributed by atoms with van der Waals surface area (Å²) in [6, 6.07) is 0.603. The first-order valence-corrected chi connectivity index (χ1v) is 7.82. The summed E-state index contributed by atoms with van der Waals surface area (Å²) in [5.74, 6) is 0. The second-order valence-corrected chi connectivity index (χ2v) is 6.12. The minimum Gasteiger partial charge on any atom is -0.382 e. The summed E-state index contributed by atoms with van der Waals surface area (Å²) in [5, 5.41) is 3.68. The molecule has 1 saturated carbocycles. The van der Waals surface area contributed by atoms with Gasteiger partial charge in [-0.2, -0.15) is 0 Å². The number of nitrogens with zero attached hydrogens (tertiary/aromatic N) is 1. The highest BCUT2D eigenvalue weighted by atomic mass is 16.5. The maximum atomic E-state index is 5.66. The van der Waals surface area contributed by atoms with Crippen LogP contribution in [0.4, 0.5) is 0 Å². The van der Waals surface area contributed by atoms with Crippen molar-refractivity contribution >= 4 is 0 Å². The van der Waals surface area contributed by atoms with Crippen molar-refractivity contribution in [1.82, 2.24) is 10.2 Å². The van der Waals surface area contributed by atoms with Crippen molar-refractivity contribution in [2.75, 3.05) is 46.6 Å². The minimum atomic E-state index is 0.412. The molecule has 2 aliphatic rings. The van der Waals surface area contributed by atoms with Crippen LogP contribution in [-0.2, 0) is 9.47 Å². The van der Waals surface area contributed by atoms with Gasteiger partial charge < -0.3 is 14.8 Å². The van der Waals surface area contributed by atoms with Crippen LogP contribution in [0.2, 0.25) is 0 Å². The van der Waals surface area contributed by atoms with Gasteiger partial charge in [-0.05, 0) is 19.8 Å². The van der Waals surface area contributed by atoms with Gasteiger partial charge >= 0.3 is 0 Å². The molecule has 2 fully saturated rings. The van der Waals surface area contributed by atoms with Crippen LogP contribution >= 0.6 is 0 Å². The Morgan fingerprint density at radius 3 is 2.68 bits per heavy atom. The Morgan fingerprint density at radius 1 is 1.16 bits per heavy atom. The Bertz CT molecular complexity index is 255. The van der Waals surface area contributed by atoms with Crippen LogP contribution in [0.25, 0.3) is 0 Å². The number of nitrogens with one attached hydrogen (secondary N) is 1. The minimum absolute atomic E-state index is 0.412. The lowest BCUT2D eigenvalue weighted by atomic mass is 9.78. The van der Waals surface area contributed by atoms with Gasteiger partial charge in [0.15, 0.2) is 0 Å². The molecule has 1 unspecified atom stereocenters. The van der Waals surface area contributed by atoms with Crippen LogP contribution in [-0.4, -0.2) is 63.0 Å². The predicted octanol–water partition coefficient (Wildman–Crippen LogP) is 1.65. The maximum Gasteiger partial charge on any atom is 0.0700 e. The molecule has 0 radical (unpaired) electrons. The molecule has 0 aromatic heterocycles. The third-order valence-corrected chi connectivity index (χ3v) is 4.67. The van der Waals surface area contributed by atoms with Gasteiger partial charge in [-0.1, -0.05) is 19.3 Å². The van der Waals surface area contributed by atoms with Crippen molar-refractivity contribution in [3.63, 3.8) is 0 Å². The summed E-state index contributed by atoms with van der Waals surface area (Å²) >= 11 is 0. The van der Waals surface area contributed by atoms with Crippen molar-refractivity contribution in [2.24, 2.45) is 0 Å². The van der Waals surface area contributed by atoms with Crippen molar-refractivity contribution in [1.29, 1.82) is 0 Å². The molecule has 1 aliphatic carbocycles. The smallest absolute Gasteiger partial charge is 0.0700 e. The number of hydrogen-bond acceptors (Lipinski definition) is 4. The molecule has 4 heteroatoms. The van der Waals surface area contributed by atoms with E-state index in [-0.39, 0.29) is 0 Å². The molecule has 1 heterocycles. The Kier molecular flexibility index (Phi) is 6.07. The summed E-state index contributed by atoms with van der Waals surface area (Å²) in [5.41, 5.74) is 0.412. The fraction of sp³-hybridized carbons (Fsp3) is 1.00. The molecule has 2 rings (SSSR count). The molecule has 0 aromatic carbocycles. The third-order valence-electron chi connectivity index (χ3n) is 4.67. The molecule has 4 nitrogen and oxygen atoms in total. The number of piperazine rings is 1. The first-order valence-electron chi connectivity index (χ1n) is 7.82. The Labute approximate surface area is 117 Å². The van der Waals surface area contributed by atoms with Gasteiger partial charge in [-0.15, -0.1) is 0 Å². The van der Waals surface area contributed by atoms with E-state index in [0.717, 1.165) is 26.2 Å². The lowest BCUT2D eigenvalue weighted by Gasteiger charge is -2.51. The van der Waals surface area contributed by atoms with Crippen molar-refractivity contribution in [3.05, 3.63) is 0 Å². The molecule has 0 bridgehead atoms. The molecule has 112 valence electrons. The monoisotopic (exact) mass is 270 g/mol. The van der Waals surface area contributed by atoms with Crippen LogP contribution < -0.4 is 5.32 Å². The highest BCUT2D eigenvalue weighted by Gasteiger charge is 2.40. The third kappa shape index (κ3) is 4.15. The molecule has 1 atom stereocenters. The van der Waals surface area contributed by atoms with Gasteiger partial charge in [-0.3, -0.25) is 4.90 Å². The van der Waals surface area contributed by atoms with E-state index in [1.165, 1.54) is 32.1 Å². The normalized spacial score (nSPS) is 27.8. The topological polar surface area (TPSA) is 33.7 Å². The van der Waals surface area contributed by atoms with E-state index in [2.05, 4.69) is 17.1 Å². The average molecular weight is 270 g/mol. The van der Waals surface area contributed by atoms with E-state index in [0.29, 0.717) is 24.8 Å². The van der Waals surface area contributed by atoms with Crippen LogP contribution in [0.1, 0.15) is 39.0 Å². The van der Waals surface area contributed by atoms with Crippen molar-refractivity contribution < 1.29 is 9.47 Å². The zero-order valence-electron chi connectivity index (χ0n) is 12.6. The summed E-state index contributed by atoms with van der Waals surface area (Å²) in [6.07, 6.45) is 6.89. The Morgan fingerprint density at radius 2 is 1.95 bits per heavy atom. The molecule has 1 aliphatic heterocycles. The fourth-order valence-electron chi connectivity index (χ4n) is 3.52. The van der Waals surface area contributed by atoms with Gasteiger partial charge in [0.1, 0.15) is 0 Å². The molecule has 0 amide bonds. The van der Waals surface area contributed by atoms with Gasteiger partial charge in [0.05, 0.1) is 19.8 Å². The lowest BCUT2D eigenvalue weighted by Crippen LogP contribution is -2.65. The van der Waals surface area contributed by atoms with Gasteiger partial charge in [-0.25, -0.2) is 0 Å². The number of rotatable bonds is 6. The second-order valence-electron chi connectivity index (χ2n) is 6.12. The van der Waals surface area contributed by atoms with Crippen LogP contribution in [0.15, 0.2) is 0 Å². The first kappa shape index (κ1) is 15.2. The Balaban J connectivity index is 1.82.